The predicted molar refractivity (Wildman–Crippen MR) is 77.8 cm³/mol. The van der Waals surface area contributed by atoms with Crippen LogP contribution in [0.5, 0.6) is 0 Å². The summed E-state index contributed by atoms with van der Waals surface area (Å²) in [4.78, 5) is 25.8. The second-order valence-corrected chi connectivity index (χ2v) is 5.55. The Balaban J connectivity index is 2.30. The first-order valence-corrected chi connectivity index (χ1v) is 7.13. The fourth-order valence-corrected chi connectivity index (χ4v) is 2.85. The van der Waals surface area contributed by atoms with E-state index in [4.69, 9.17) is 4.74 Å². The Morgan fingerprint density at radius 1 is 1.29 bits per heavy atom. The molecule has 1 aromatic carbocycles. The minimum Gasteiger partial charge on any atom is -0.480 e. The summed E-state index contributed by atoms with van der Waals surface area (Å²) in [6, 6.07) is 9.16. The van der Waals surface area contributed by atoms with Crippen molar-refractivity contribution in [1.29, 1.82) is 0 Å². The van der Waals surface area contributed by atoms with Gasteiger partial charge in [0.2, 0.25) is 0 Å². The third-order valence-electron chi connectivity index (χ3n) is 4.18. The summed E-state index contributed by atoms with van der Waals surface area (Å²) >= 11 is 0. The van der Waals surface area contributed by atoms with Crippen LogP contribution in [0.1, 0.15) is 37.9 Å². The molecule has 1 fully saturated rings. The van der Waals surface area contributed by atoms with Crippen molar-refractivity contribution < 1.29 is 19.4 Å². The highest BCUT2D eigenvalue weighted by molar-refractivity contribution is 5.89. The number of rotatable bonds is 4. The molecule has 0 aromatic heterocycles. The third kappa shape index (κ3) is 2.93. The molecule has 0 saturated carbocycles. The summed E-state index contributed by atoms with van der Waals surface area (Å²) in [5.74, 6) is -1.24. The molecule has 5 heteroatoms. The van der Waals surface area contributed by atoms with Crippen LogP contribution in [0.4, 0.5) is 0 Å². The second kappa shape index (κ2) is 6.26. The van der Waals surface area contributed by atoms with Crippen LogP contribution in [0, 0.1) is 0 Å². The Kier molecular flexibility index (Phi) is 4.63. The molecule has 0 spiro atoms. The molecule has 2 atom stereocenters. The average Bonchev–Trinajstić information content (AvgIpc) is 2.49. The number of carbonyl (C=O) groups excluding carboxylic acids is 1. The van der Waals surface area contributed by atoms with Crippen molar-refractivity contribution in [2.45, 2.75) is 37.8 Å². The van der Waals surface area contributed by atoms with Gasteiger partial charge in [0.05, 0.1) is 0 Å². The lowest BCUT2D eigenvalue weighted by Crippen LogP contribution is -2.58. The highest BCUT2D eigenvalue weighted by Gasteiger charge is 2.45. The van der Waals surface area contributed by atoms with Gasteiger partial charge < -0.3 is 14.7 Å². The Morgan fingerprint density at radius 3 is 2.52 bits per heavy atom. The zero-order valence-corrected chi connectivity index (χ0v) is 12.4. The maximum absolute atomic E-state index is 12.8. The molecule has 114 valence electrons. The lowest BCUT2D eigenvalue weighted by Gasteiger charge is -2.42. The number of methoxy groups -OCH3 is 1. The van der Waals surface area contributed by atoms with Crippen LogP contribution in [0.3, 0.4) is 0 Å². The van der Waals surface area contributed by atoms with E-state index < -0.39 is 17.6 Å². The number of carbonyl (C=O) groups is 2. The molecule has 1 aliphatic rings. The maximum Gasteiger partial charge on any atom is 0.329 e. The van der Waals surface area contributed by atoms with E-state index in [1.54, 1.807) is 6.92 Å². The van der Waals surface area contributed by atoms with E-state index in [0.29, 0.717) is 13.0 Å². The maximum atomic E-state index is 12.8. The molecule has 5 nitrogen and oxygen atoms in total. The van der Waals surface area contributed by atoms with Crippen molar-refractivity contribution in [3.63, 3.8) is 0 Å². The predicted octanol–water partition coefficient (Wildman–Crippen LogP) is 2.23. The van der Waals surface area contributed by atoms with Gasteiger partial charge in [-0.2, -0.15) is 0 Å². The number of hydrogen-bond donors (Lipinski definition) is 1. The van der Waals surface area contributed by atoms with Crippen molar-refractivity contribution in [2.75, 3.05) is 13.7 Å². The first-order chi connectivity index (χ1) is 10.0. The van der Waals surface area contributed by atoms with Gasteiger partial charge in [-0.05, 0) is 31.7 Å². The van der Waals surface area contributed by atoms with Gasteiger partial charge in [0.15, 0.2) is 6.10 Å². The van der Waals surface area contributed by atoms with E-state index in [0.717, 1.165) is 18.4 Å². The first-order valence-electron chi connectivity index (χ1n) is 7.13. The minimum atomic E-state index is -1.15. The molecule has 2 unspecified atom stereocenters. The topological polar surface area (TPSA) is 66.8 Å². The number of likely N-dealkylation sites (tertiary alicyclic amines) is 1. The fraction of sp³-hybridized carbons (Fsp3) is 0.500. The Morgan fingerprint density at radius 2 is 1.95 bits per heavy atom. The number of nitrogens with zero attached hydrogens (tertiary/aromatic N) is 1. The van der Waals surface area contributed by atoms with Crippen LogP contribution < -0.4 is 0 Å². The molecule has 1 aromatic rings. The van der Waals surface area contributed by atoms with Crippen LogP contribution >= 0.6 is 0 Å². The normalized spacial score (nSPS) is 23.6. The molecule has 1 heterocycles. The van der Waals surface area contributed by atoms with E-state index >= 15 is 0 Å². The number of piperidine rings is 1. The highest BCUT2D eigenvalue weighted by atomic mass is 16.5. The highest BCUT2D eigenvalue weighted by Crippen LogP contribution is 2.32. The van der Waals surface area contributed by atoms with Crippen molar-refractivity contribution in [3.05, 3.63) is 35.9 Å². The van der Waals surface area contributed by atoms with Gasteiger partial charge in [0.25, 0.3) is 5.91 Å². The summed E-state index contributed by atoms with van der Waals surface area (Å²) < 4.78 is 5.34. The number of carboxylic acid groups (broad SMARTS) is 1. The van der Waals surface area contributed by atoms with Crippen molar-refractivity contribution in [3.8, 4) is 0 Å². The third-order valence-corrected chi connectivity index (χ3v) is 4.18. The van der Waals surface area contributed by atoms with Gasteiger partial charge in [-0.25, -0.2) is 4.79 Å². The zero-order valence-electron chi connectivity index (χ0n) is 12.4. The van der Waals surface area contributed by atoms with Crippen LogP contribution in [0.25, 0.3) is 0 Å². The SMILES string of the molecule is COC(C(=O)N1CCCCC1(C)C(=O)O)c1ccccc1. The summed E-state index contributed by atoms with van der Waals surface area (Å²) in [6.07, 6.45) is 1.34. The van der Waals surface area contributed by atoms with Gasteiger partial charge >= 0.3 is 5.97 Å². The van der Waals surface area contributed by atoms with Crippen molar-refractivity contribution >= 4 is 11.9 Å². The molecular formula is C16H21NO4. The van der Waals surface area contributed by atoms with E-state index in [-0.39, 0.29) is 5.91 Å². The molecule has 21 heavy (non-hydrogen) atoms. The van der Waals surface area contributed by atoms with Crippen molar-refractivity contribution in [2.24, 2.45) is 0 Å². The second-order valence-electron chi connectivity index (χ2n) is 5.55. The zero-order chi connectivity index (χ0) is 15.5. The lowest BCUT2D eigenvalue weighted by atomic mass is 9.87. The Labute approximate surface area is 124 Å². The monoisotopic (exact) mass is 291 g/mol. The van der Waals surface area contributed by atoms with Crippen LogP contribution in [0.2, 0.25) is 0 Å². The smallest absolute Gasteiger partial charge is 0.329 e. The molecule has 0 aliphatic carbocycles. The van der Waals surface area contributed by atoms with E-state index in [9.17, 15) is 14.7 Å². The van der Waals surface area contributed by atoms with Crippen LogP contribution in [0.15, 0.2) is 30.3 Å². The largest absolute Gasteiger partial charge is 0.480 e. The van der Waals surface area contributed by atoms with Crippen LogP contribution in [-0.4, -0.2) is 41.1 Å². The minimum absolute atomic E-state index is 0.284. The quantitative estimate of drug-likeness (QED) is 0.923. The number of amides is 1. The van der Waals surface area contributed by atoms with Gasteiger partial charge in [-0.1, -0.05) is 30.3 Å². The number of benzene rings is 1. The summed E-state index contributed by atoms with van der Waals surface area (Å²) in [5, 5.41) is 9.51. The molecule has 0 radical (unpaired) electrons. The Hall–Kier alpha value is -1.88. The van der Waals surface area contributed by atoms with Gasteiger partial charge in [-0.3, -0.25) is 4.79 Å². The summed E-state index contributed by atoms with van der Waals surface area (Å²) in [6.45, 7) is 2.07. The fourth-order valence-electron chi connectivity index (χ4n) is 2.85. The van der Waals surface area contributed by atoms with Crippen molar-refractivity contribution in [1.82, 2.24) is 4.90 Å². The number of carboxylic acids is 1. The van der Waals surface area contributed by atoms with Crippen LogP contribution in [-0.2, 0) is 14.3 Å². The Bertz CT molecular complexity index is 516. The molecule has 1 aliphatic heterocycles. The summed E-state index contributed by atoms with van der Waals surface area (Å²) in [5.41, 5.74) is -0.413. The molecule has 2 rings (SSSR count). The molecule has 1 N–H and O–H groups in total. The molecule has 0 bridgehead atoms. The molecule has 1 saturated heterocycles. The number of hydrogen-bond acceptors (Lipinski definition) is 3. The van der Waals surface area contributed by atoms with E-state index in [2.05, 4.69) is 0 Å². The van der Waals surface area contributed by atoms with Gasteiger partial charge in [0, 0.05) is 13.7 Å². The summed E-state index contributed by atoms with van der Waals surface area (Å²) in [7, 11) is 1.47. The number of aliphatic carboxylic acids is 1. The van der Waals surface area contributed by atoms with Gasteiger partial charge in [-0.15, -0.1) is 0 Å². The average molecular weight is 291 g/mol. The standard InChI is InChI=1S/C16H21NO4/c1-16(15(19)20)10-6-7-11-17(16)14(18)13(21-2)12-8-4-3-5-9-12/h3-5,8-9,13H,6-7,10-11H2,1-2H3,(H,19,20). The van der Waals surface area contributed by atoms with E-state index in [1.807, 2.05) is 30.3 Å². The molecular weight excluding hydrogens is 270 g/mol. The first kappa shape index (κ1) is 15.5. The van der Waals surface area contributed by atoms with Gasteiger partial charge in [0.1, 0.15) is 5.54 Å². The lowest BCUT2D eigenvalue weighted by molar-refractivity contribution is -0.166. The number of ether oxygens (including phenoxy) is 1. The molecule has 1 amide bonds. The van der Waals surface area contributed by atoms with E-state index in [1.165, 1.54) is 12.0 Å².